The summed E-state index contributed by atoms with van der Waals surface area (Å²) in [6.07, 6.45) is 2.68. The Kier molecular flexibility index (Phi) is 6.02. The number of nitrogens with zero attached hydrogens (tertiary/aromatic N) is 2. The second-order valence-electron chi connectivity index (χ2n) is 5.39. The van der Waals surface area contributed by atoms with E-state index in [2.05, 4.69) is 46.5 Å². The number of nitrogens with one attached hydrogen (secondary N) is 1. The fourth-order valence-electron chi connectivity index (χ4n) is 2.43. The number of hydrogen-bond donors (Lipinski definition) is 1. The van der Waals surface area contributed by atoms with Crippen molar-refractivity contribution in [2.75, 3.05) is 26.2 Å². The summed E-state index contributed by atoms with van der Waals surface area (Å²) < 4.78 is 0. The second-order valence-corrected chi connectivity index (χ2v) is 5.39. The van der Waals surface area contributed by atoms with E-state index in [1.165, 1.54) is 5.56 Å². The zero-order valence-corrected chi connectivity index (χ0v) is 12.3. The molecule has 110 valence electrons. The Morgan fingerprint density at radius 2 is 1.85 bits per heavy atom. The van der Waals surface area contributed by atoms with Crippen molar-refractivity contribution in [3.63, 3.8) is 0 Å². The zero-order chi connectivity index (χ0) is 14.2. The van der Waals surface area contributed by atoms with Crippen LogP contribution < -0.4 is 5.43 Å². The number of hydrogen-bond acceptors (Lipinski definition) is 3. The molecule has 1 N–H and O–H groups in total. The Morgan fingerprint density at radius 1 is 1.15 bits per heavy atom. The molecule has 0 radical (unpaired) electrons. The lowest BCUT2D eigenvalue weighted by molar-refractivity contribution is -0.126. The molecule has 0 bridgehead atoms. The maximum Gasteiger partial charge on any atom is 0.234 e. The SMILES string of the molecule is CCCCC(=O)NN1CCN(Cc2ccccc2)CC1. The van der Waals surface area contributed by atoms with Gasteiger partial charge in [-0.05, 0) is 12.0 Å². The van der Waals surface area contributed by atoms with Crippen LogP contribution in [-0.2, 0) is 11.3 Å². The first kappa shape index (κ1) is 15.0. The van der Waals surface area contributed by atoms with E-state index < -0.39 is 0 Å². The third-order valence-electron chi connectivity index (χ3n) is 3.66. The molecule has 1 aliphatic heterocycles. The van der Waals surface area contributed by atoms with Gasteiger partial charge in [-0.25, -0.2) is 5.01 Å². The lowest BCUT2D eigenvalue weighted by Crippen LogP contribution is -2.53. The molecule has 1 aliphatic rings. The Labute approximate surface area is 121 Å². The van der Waals surface area contributed by atoms with E-state index >= 15 is 0 Å². The van der Waals surface area contributed by atoms with E-state index in [1.54, 1.807) is 0 Å². The van der Waals surface area contributed by atoms with Gasteiger partial charge in [0.15, 0.2) is 0 Å². The van der Waals surface area contributed by atoms with Crippen LogP contribution in [0.2, 0.25) is 0 Å². The van der Waals surface area contributed by atoms with Gasteiger partial charge in [0.25, 0.3) is 0 Å². The van der Waals surface area contributed by atoms with Crippen molar-refractivity contribution in [1.82, 2.24) is 15.3 Å². The van der Waals surface area contributed by atoms with Gasteiger partial charge in [-0.15, -0.1) is 0 Å². The standard InChI is InChI=1S/C16H25N3O/c1-2-3-9-16(20)17-19-12-10-18(11-13-19)14-15-7-5-4-6-8-15/h4-8H,2-3,9-14H2,1H3,(H,17,20). The number of carbonyl (C=O) groups is 1. The lowest BCUT2D eigenvalue weighted by atomic mass is 10.2. The number of unbranched alkanes of at least 4 members (excludes halogenated alkanes) is 1. The molecule has 0 unspecified atom stereocenters. The normalized spacial score (nSPS) is 17.1. The summed E-state index contributed by atoms with van der Waals surface area (Å²) in [5.41, 5.74) is 4.36. The van der Waals surface area contributed by atoms with Crippen molar-refractivity contribution in [3.8, 4) is 0 Å². The van der Waals surface area contributed by atoms with Crippen LogP contribution in [0.5, 0.6) is 0 Å². The van der Waals surface area contributed by atoms with Gasteiger partial charge in [0.05, 0.1) is 0 Å². The highest BCUT2D eigenvalue weighted by Crippen LogP contribution is 2.07. The van der Waals surface area contributed by atoms with Crippen LogP contribution >= 0.6 is 0 Å². The second kappa shape index (κ2) is 8.02. The van der Waals surface area contributed by atoms with E-state index in [4.69, 9.17) is 0 Å². The molecule has 2 rings (SSSR count). The Hall–Kier alpha value is -1.39. The van der Waals surface area contributed by atoms with Gasteiger partial charge in [0.2, 0.25) is 5.91 Å². The van der Waals surface area contributed by atoms with Gasteiger partial charge in [-0.1, -0.05) is 43.7 Å². The van der Waals surface area contributed by atoms with E-state index in [0.29, 0.717) is 6.42 Å². The van der Waals surface area contributed by atoms with Crippen LogP contribution in [0.25, 0.3) is 0 Å². The topological polar surface area (TPSA) is 35.6 Å². The molecule has 1 amide bonds. The smallest absolute Gasteiger partial charge is 0.234 e. The predicted molar refractivity (Wildman–Crippen MR) is 81.0 cm³/mol. The van der Waals surface area contributed by atoms with Crippen molar-refractivity contribution in [2.45, 2.75) is 32.7 Å². The zero-order valence-electron chi connectivity index (χ0n) is 12.3. The van der Waals surface area contributed by atoms with E-state index in [-0.39, 0.29) is 5.91 Å². The molecule has 1 aromatic rings. The van der Waals surface area contributed by atoms with Gasteiger partial charge in [-0.3, -0.25) is 15.1 Å². The Balaban J connectivity index is 1.68. The van der Waals surface area contributed by atoms with Crippen molar-refractivity contribution >= 4 is 5.91 Å². The summed E-state index contributed by atoms with van der Waals surface area (Å²) >= 11 is 0. The summed E-state index contributed by atoms with van der Waals surface area (Å²) in [6.45, 7) is 6.93. The number of rotatable bonds is 6. The molecular formula is C16H25N3O. The van der Waals surface area contributed by atoms with E-state index in [9.17, 15) is 4.79 Å². The Morgan fingerprint density at radius 3 is 2.50 bits per heavy atom. The molecule has 1 aromatic carbocycles. The molecule has 1 heterocycles. The molecule has 20 heavy (non-hydrogen) atoms. The molecule has 4 nitrogen and oxygen atoms in total. The maximum atomic E-state index is 11.7. The Bertz CT molecular complexity index is 399. The van der Waals surface area contributed by atoms with Crippen LogP contribution in [0.3, 0.4) is 0 Å². The van der Waals surface area contributed by atoms with Crippen LogP contribution in [0.4, 0.5) is 0 Å². The third-order valence-corrected chi connectivity index (χ3v) is 3.66. The fourth-order valence-corrected chi connectivity index (χ4v) is 2.43. The maximum absolute atomic E-state index is 11.7. The number of amides is 1. The predicted octanol–water partition coefficient (Wildman–Crippen LogP) is 2.03. The third kappa shape index (κ3) is 4.94. The number of piperazine rings is 1. The van der Waals surface area contributed by atoms with E-state index in [1.807, 2.05) is 6.07 Å². The average Bonchev–Trinajstić information content (AvgIpc) is 2.48. The van der Waals surface area contributed by atoms with Gasteiger partial charge in [0, 0.05) is 39.1 Å². The monoisotopic (exact) mass is 275 g/mol. The van der Waals surface area contributed by atoms with Crippen molar-refractivity contribution in [1.29, 1.82) is 0 Å². The molecule has 0 aliphatic carbocycles. The van der Waals surface area contributed by atoms with Gasteiger partial charge in [-0.2, -0.15) is 0 Å². The number of hydrazine groups is 1. The van der Waals surface area contributed by atoms with Crippen LogP contribution in [0, 0.1) is 0 Å². The lowest BCUT2D eigenvalue weighted by Gasteiger charge is -2.34. The van der Waals surface area contributed by atoms with Gasteiger partial charge in [0.1, 0.15) is 0 Å². The van der Waals surface area contributed by atoms with Crippen molar-refractivity contribution in [2.24, 2.45) is 0 Å². The summed E-state index contributed by atoms with van der Waals surface area (Å²) in [7, 11) is 0. The van der Waals surface area contributed by atoms with Crippen LogP contribution in [0.15, 0.2) is 30.3 Å². The first-order chi connectivity index (χ1) is 9.78. The summed E-state index contributed by atoms with van der Waals surface area (Å²) in [6, 6.07) is 10.5. The fraction of sp³-hybridized carbons (Fsp3) is 0.562. The van der Waals surface area contributed by atoms with Gasteiger partial charge >= 0.3 is 0 Å². The van der Waals surface area contributed by atoms with Gasteiger partial charge < -0.3 is 0 Å². The first-order valence-electron chi connectivity index (χ1n) is 7.58. The largest absolute Gasteiger partial charge is 0.296 e. The van der Waals surface area contributed by atoms with Crippen LogP contribution in [-0.4, -0.2) is 42.0 Å². The molecule has 1 fully saturated rings. The molecule has 0 saturated carbocycles. The van der Waals surface area contributed by atoms with Crippen molar-refractivity contribution < 1.29 is 4.79 Å². The molecular weight excluding hydrogens is 250 g/mol. The summed E-state index contributed by atoms with van der Waals surface area (Å²) in [5.74, 6) is 0.156. The molecule has 0 aromatic heterocycles. The minimum atomic E-state index is 0.156. The van der Waals surface area contributed by atoms with E-state index in [0.717, 1.165) is 45.6 Å². The van der Waals surface area contributed by atoms with Crippen molar-refractivity contribution in [3.05, 3.63) is 35.9 Å². The highest BCUT2D eigenvalue weighted by atomic mass is 16.2. The minimum Gasteiger partial charge on any atom is -0.296 e. The first-order valence-corrected chi connectivity index (χ1v) is 7.58. The molecule has 1 saturated heterocycles. The molecule has 0 spiro atoms. The molecule has 4 heteroatoms. The van der Waals surface area contributed by atoms with Crippen LogP contribution in [0.1, 0.15) is 31.7 Å². The average molecular weight is 275 g/mol. The summed E-state index contributed by atoms with van der Waals surface area (Å²) in [5, 5.41) is 2.06. The minimum absolute atomic E-state index is 0.156. The highest BCUT2D eigenvalue weighted by Gasteiger charge is 2.18. The highest BCUT2D eigenvalue weighted by molar-refractivity contribution is 5.75. The quantitative estimate of drug-likeness (QED) is 0.863. The number of benzene rings is 1. The number of carbonyl (C=O) groups excluding carboxylic acids is 1. The molecule has 0 atom stereocenters. The summed E-state index contributed by atoms with van der Waals surface area (Å²) in [4.78, 5) is 14.1.